The lowest BCUT2D eigenvalue weighted by Gasteiger charge is -2.12. The molecule has 5 nitrogen and oxygen atoms in total. The monoisotopic (exact) mass is 343 g/mol. The summed E-state index contributed by atoms with van der Waals surface area (Å²) < 4.78 is 5.34. The summed E-state index contributed by atoms with van der Waals surface area (Å²) >= 11 is 5.16. The van der Waals surface area contributed by atoms with Gasteiger partial charge in [0.25, 0.3) is 5.91 Å². The van der Waals surface area contributed by atoms with Crippen molar-refractivity contribution in [3.8, 4) is 5.75 Å². The summed E-state index contributed by atoms with van der Waals surface area (Å²) in [5, 5.41) is 3.33. The molecule has 2 rings (SSSR count). The van der Waals surface area contributed by atoms with E-state index < -0.39 is 0 Å². The van der Waals surface area contributed by atoms with Gasteiger partial charge in [-0.25, -0.2) is 0 Å². The van der Waals surface area contributed by atoms with E-state index in [2.05, 4.69) is 23.1 Å². The molecular formula is C18H21N3O2S. The quantitative estimate of drug-likeness (QED) is 0.574. The fourth-order valence-electron chi connectivity index (χ4n) is 2.04. The van der Waals surface area contributed by atoms with E-state index in [9.17, 15) is 4.79 Å². The van der Waals surface area contributed by atoms with Crippen LogP contribution in [0.25, 0.3) is 0 Å². The summed E-state index contributed by atoms with van der Waals surface area (Å²) in [6, 6.07) is 14.9. The number of ether oxygens (including phenoxy) is 1. The summed E-state index contributed by atoms with van der Waals surface area (Å²) in [7, 11) is 0. The second-order valence-electron chi connectivity index (χ2n) is 5.04. The molecule has 0 aliphatic rings. The van der Waals surface area contributed by atoms with Crippen LogP contribution in [0.3, 0.4) is 0 Å². The number of hydrogen-bond acceptors (Lipinski definition) is 3. The maximum Gasteiger partial charge on any atom is 0.269 e. The minimum absolute atomic E-state index is 0.275. The van der Waals surface area contributed by atoms with Gasteiger partial charge in [0.05, 0.1) is 6.61 Å². The molecule has 0 saturated carbocycles. The Morgan fingerprint density at radius 3 is 2.25 bits per heavy atom. The number of amides is 1. The first-order chi connectivity index (χ1) is 11.6. The molecule has 0 saturated heterocycles. The number of nitrogens with one attached hydrogen (secondary N) is 3. The molecule has 0 unspecified atom stereocenters. The predicted octanol–water partition coefficient (Wildman–Crippen LogP) is 3.28. The third kappa shape index (κ3) is 5.24. The number of benzene rings is 2. The average Bonchev–Trinajstić information content (AvgIpc) is 2.61. The number of rotatable bonds is 5. The molecule has 0 aromatic heterocycles. The van der Waals surface area contributed by atoms with Crippen molar-refractivity contribution in [2.24, 2.45) is 0 Å². The minimum atomic E-state index is -0.275. The number of hydrazine groups is 1. The molecule has 0 aliphatic heterocycles. The van der Waals surface area contributed by atoms with Crippen LogP contribution in [0.2, 0.25) is 0 Å². The Hall–Kier alpha value is -2.60. The minimum Gasteiger partial charge on any atom is -0.494 e. The van der Waals surface area contributed by atoms with Crippen LogP contribution in [-0.4, -0.2) is 17.6 Å². The fraction of sp³-hybridized carbons (Fsp3) is 0.222. The highest BCUT2D eigenvalue weighted by molar-refractivity contribution is 7.80. The van der Waals surface area contributed by atoms with Gasteiger partial charge in [0, 0.05) is 11.3 Å². The van der Waals surface area contributed by atoms with E-state index in [1.54, 1.807) is 24.3 Å². The number of thiocarbonyl (C=S) groups is 1. The SMILES string of the molecule is CCOc1ccc(C(=O)NNC(=S)Nc2ccc(CC)cc2)cc1. The predicted molar refractivity (Wildman–Crippen MR) is 100 cm³/mol. The van der Waals surface area contributed by atoms with Crippen molar-refractivity contribution in [2.75, 3.05) is 11.9 Å². The van der Waals surface area contributed by atoms with Crippen molar-refractivity contribution in [3.05, 3.63) is 59.7 Å². The average molecular weight is 343 g/mol. The largest absolute Gasteiger partial charge is 0.494 e. The van der Waals surface area contributed by atoms with E-state index >= 15 is 0 Å². The van der Waals surface area contributed by atoms with Crippen LogP contribution in [0, 0.1) is 0 Å². The van der Waals surface area contributed by atoms with Crippen molar-refractivity contribution in [2.45, 2.75) is 20.3 Å². The lowest BCUT2D eigenvalue weighted by Crippen LogP contribution is -2.43. The summed E-state index contributed by atoms with van der Waals surface area (Å²) in [4.78, 5) is 12.1. The van der Waals surface area contributed by atoms with Crippen LogP contribution in [0.4, 0.5) is 5.69 Å². The van der Waals surface area contributed by atoms with Crippen molar-refractivity contribution in [3.63, 3.8) is 0 Å². The second kappa shape index (κ2) is 8.88. The Labute approximate surface area is 147 Å². The molecule has 0 bridgehead atoms. The van der Waals surface area contributed by atoms with Gasteiger partial charge >= 0.3 is 0 Å². The van der Waals surface area contributed by atoms with Gasteiger partial charge in [-0.05, 0) is 67.5 Å². The van der Waals surface area contributed by atoms with Gasteiger partial charge in [0.2, 0.25) is 0 Å². The first-order valence-electron chi connectivity index (χ1n) is 7.81. The molecule has 2 aromatic carbocycles. The van der Waals surface area contributed by atoms with Gasteiger partial charge in [0.15, 0.2) is 5.11 Å². The Morgan fingerprint density at radius 2 is 1.67 bits per heavy atom. The lowest BCUT2D eigenvalue weighted by atomic mass is 10.1. The highest BCUT2D eigenvalue weighted by Crippen LogP contribution is 2.12. The number of hydrogen-bond donors (Lipinski definition) is 3. The van der Waals surface area contributed by atoms with Gasteiger partial charge in [-0.2, -0.15) is 0 Å². The van der Waals surface area contributed by atoms with E-state index in [4.69, 9.17) is 17.0 Å². The van der Waals surface area contributed by atoms with Gasteiger partial charge in [-0.1, -0.05) is 19.1 Å². The summed E-state index contributed by atoms with van der Waals surface area (Å²) in [6.07, 6.45) is 0.987. The Bertz CT molecular complexity index is 684. The third-order valence-electron chi connectivity index (χ3n) is 3.34. The van der Waals surface area contributed by atoms with Crippen LogP contribution >= 0.6 is 12.2 Å². The zero-order chi connectivity index (χ0) is 17.4. The van der Waals surface area contributed by atoms with Gasteiger partial charge in [0.1, 0.15) is 5.75 Å². The molecule has 3 N–H and O–H groups in total. The Morgan fingerprint density at radius 1 is 1.00 bits per heavy atom. The van der Waals surface area contributed by atoms with Crippen LogP contribution < -0.4 is 20.9 Å². The third-order valence-corrected chi connectivity index (χ3v) is 3.54. The smallest absolute Gasteiger partial charge is 0.269 e. The van der Waals surface area contributed by atoms with Crippen molar-refractivity contribution >= 4 is 28.9 Å². The van der Waals surface area contributed by atoms with Crippen molar-refractivity contribution in [1.29, 1.82) is 0 Å². The molecular weight excluding hydrogens is 322 g/mol. The maximum absolute atomic E-state index is 12.1. The number of carbonyl (C=O) groups is 1. The van der Waals surface area contributed by atoms with Gasteiger partial charge in [-0.15, -0.1) is 0 Å². The molecule has 0 aliphatic carbocycles. The van der Waals surface area contributed by atoms with E-state index in [0.717, 1.165) is 17.9 Å². The van der Waals surface area contributed by atoms with Crippen molar-refractivity contribution < 1.29 is 9.53 Å². The summed E-state index contributed by atoms with van der Waals surface area (Å²) in [5.74, 6) is 0.457. The molecule has 6 heteroatoms. The zero-order valence-corrected chi connectivity index (χ0v) is 14.6. The first kappa shape index (κ1) is 17.7. The van der Waals surface area contributed by atoms with Crippen LogP contribution in [0.15, 0.2) is 48.5 Å². The van der Waals surface area contributed by atoms with E-state index in [1.807, 2.05) is 31.2 Å². The maximum atomic E-state index is 12.1. The molecule has 24 heavy (non-hydrogen) atoms. The van der Waals surface area contributed by atoms with Crippen LogP contribution in [0.1, 0.15) is 29.8 Å². The molecule has 1 amide bonds. The highest BCUT2D eigenvalue weighted by atomic mass is 32.1. The molecule has 0 radical (unpaired) electrons. The van der Waals surface area contributed by atoms with E-state index in [0.29, 0.717) is 17.3 Å². The topological polar surface area (TPSA) is 62.4 Å². The Kier molecular flexibility index (Phi) is 6.57. The number of carbonyl (C=O) groups excluding carboxylic acids is 1. The zero-order valence-electron chi connectivity index (χ0n) is 13.8. The molecule has 0 spiro atoms. The van der Waals surface area contributed by atoms with E-state index in [1.165, 1.54) is 5.56 Å². The summed E-state index contributed by atoms with van der Waals surface area (Å²) in [5.41, 5.74) is 7.88. The normalized spacial score (nSPS) is 9.92. The van der Waals surface area contributed by atoms with E-state index in [-0.39, 0.29) is 5.91 Å². The van der Waals surface area contributed by atoms with Crippen molar-refractivity contribution in [1.82, 2.24) is 10.9 Å². The molecule has 2 aromatic rings. The first-order valence-corrected chi connectivity index (χ1v) is 8.22. The number of anilines is 1. The molecule has 0 atom stereocenters. The molecule has 126 valence electrons. The Balaban J connectivity index is 1.82. The standard InChI is InChI=1S/C18H21N3O2S/c1-3-13-5-9-15(10-6-13)19-18(24)21-20-17(22)14-7-11-16(12-8-14)23-4-2/h5-12H,3-4H2,1-2H3,(H,20,22)(H2,19,21,24). The lowest BCUT2D eigenvalue weighted by molar-refractivity contribution is 0.0944. The van der Waals surface area contributed by atoms with Gasteiger partial charge in [-0.3, -0.25) is 15.6 Å². The second-order valence-corrected chi connectivity index (χ2v) is 5.45. The highest BCUT2D eigenvalue weighted by Gasteiger charge is 2.06. The summed E-state index contributed by atoms with van der Waals surface area (Å²) in [6.45, 7) is 4.60. The van der Waals surface area contributed by atoms with Crippen LogP contribution in [-0.2, 0) is 6.42 Å². The molecule has 0 fully saturated rings. The van der Waals surface area contributed by atoms with Crippen LogP contribution in [0.5, 0.6) is 5.75 Å². The number of aryl methyl sites for hydroxylation is 1. The fourth-order valence-corrected chi connectivity index (χ4v) is 2.21. The molecule has 0 heterocycles. The van der Waals surface area contributed by atoms with Gasteiger partial charge < -0.3 is 10.1 Å².